The van der Waals surface area contributed by atoms with Gasteiger partial charge in [0, 0.05) is 0 Å². The first-order valence-electron chi connectivity index (χ1n) is 6.48. The molecule has 0 N–H and O–H groups in total. The molecule has 0 aromatic heterocycles. The van der Waals surface area contributed by atoms with Crippen LogP contribution in [0.2, 0.25) is 0 Å². The number of sulfone groups is 3. The van der Waals surface area contributed by atoms with Gasteiger partial charge in [0.2, 0.25) is 0 Å². The SMILES string of the molecule is O=S(=O)([C-](S(=O)(=O)C(F)(F)F)S(=O)(=O)C(F)(F)F)C1C(F)C(F)C(F)C(F)C1F. The molecule has 0 bridgehead atoms. The highest BCUT2D eigenvalue weighted by molar-refractivity contribution is 8.29. The maximum Gasteiger partial charge on any atom is 0.470 e. The summed E-state index contributed by atoms with van der Waals surface area (Å²) in [6.45, 7) is 0. The van der Waals surface area contributed by atoms with Gasteiger partial charge in [-0.25, -0.2) is 22.0 Å². The molecule has 0 radical (unpaired) electrons. The van der Waals surface area contributed by atoms with E-state index in [1.807, 2.05) is 0 Å². The Labute approximate surface area is 154 Å². The van der Waals surface area contributed by atoms with Crippen molar-refractivity contribution in [1.82, 2.24) is 0 Å². The van der Waals surface area contributed by atoms with E-state index in [2.05, 4.69) is 0 Å². The Morgan fingerprint density at radius 3 is 1.00 bits per heavy atom. The Morgan fingerprint density at radius 2 is 0.759 bits per heavy atom. The first-order chi connectivity index (χ1) is 12.5. The highest BCUT2D eigenvalue weighted by atomic mass is 32.3. The number of alkyl halides is 11. The second-order valence-corrected chi connectivity index (χ2v) is 12.0. The van der Waals surface area contributed by atoms with Crippen molar-refractivity contribution < 1.29 is 73.5 Å². The Morgan fingerprint density at radius 1 is 0.517 bits per heavy atom. The van der Waals surface area contributed by atoms with Crippen LogP contribution in [0.1, 0.15) is 0 Å². The van der Waals surface area contributed by atoms with Gasteiger partial charge in [0.1, 0.15) is 5.25 Å². The topological polar surface area (TPSA) is 102 Å². The van der Waals surface area contributed by atoms with Crippen molar-refractivity contribution in [3.8, 4) is 0 Å². The van der Waals surface area contributed by atoms with Gasteiger partial charge in [-0.2, -0.15) is 26.3 Å². The van der Waals surface area contributed by atoms with Crippen molar-refractivity contribution in [1.29, 1.82) is 0 Å². The first-order valence-corrected chi connectivity index (χ1v) is 11.0. The zero-order chi connectivity index (χ0) is 23.5. The molecule has 4 unspecified atom stereocenters. The molecule has 20 heteroatoms. The van der Waals surface area contributed by atoms with E-state index < -0.39 is 80.6 Å². The van der Waals surface area contributed by atoms with Crippen molar-refractivity contribution in [2.45, 2.75) is 47.1 Å². The molecule has 0 aromatic carbocycles. The number of hydrogen-bond acceptors (Lipinski definition) is 6. The zero-order valence-corrected chi connectivity index (χ0v) is 15.2. The van der Waals surface area contributed by atoms with Crippen LogP contribution >= 0.6 is 0 Å². The van der Waals surface area contributed by atoms with Crippen LogP contribution in [0.3, 0.4) is 0 Å². The van der Waals surface area contributed by atoms with E-state index in [-0.39, 0.29) is 0 Å². The average Bonchev–Trinajstić information content (AvgIpc) is 2.47. The fourth-order valence-corrected chi connectivity index (χ4v) is 9.15. The van der Waals surface area contributed by atoms with Gasteiger partial charge >= 0.3 is 11.0 Å². The molecule has 1 saturated carbocycles. The lowest BCUT2D eigenvalue weighted by Gasteiger charge is -2.41. The number of hydrogen-bond donors (Lipinski definition) is 0. The third kappa shape index (κ3) is 4.02. The predicted molar refractivity (Wildman–Crippen MR) is 70.4 cm³/mol. The molecule has 1 aliphatic rings. The smallest absolute Gasteiger partial charge is 0.260 e. The Balaban J connectivity index is 3.91. The van der Waals surface area contributed by atoms with Gasteiger partial charge < -0.3 is 0 Å². The van der Waals surface area contributed by atoms with Crippen molar-refractivity contribution in [2.24, 2.45) is 0 Å². The van der Waals surface area contributed by atoms with Gasteiger partial charge in [0.15, 0.2) is 50.5 Å². The van der Waals surface area contributed by atoms with Crippen molar-refractivity contribution >= 4 is 29.5 Å². The number of halogens is 11. The molecule has 0 aromatic rings. The van der Waals surface area contributed by atoms with E-state index in [0.29, 0.717) is 0 Å². The van der Waals surface area contributed by atoms with E-state index in [4.69, 9.17) is 0 Å². The Bertz CT molecular complexity index is 878. The molecule has 1 aliphatic carbocycles. The van der Waals surface area contributed by atoms with Crippen molar-refractivity contribution in [3.05, 3.63) is 3.91 Å². The first kappa shape index (κ1) is 26.1. The Kier molecular flexibility index (Phi) is 6.61. The second kappa shape index (κ2) is 7.34. The summed E-state index contributed by atoms with van der Waals surface area (Å²) in [6, 6.07) is 0. The summed E-state index contributed by atoms with van der Waals surface area (Å²) in [5.41, 5.74) is -14.2. The molecule has 0 saturated heterocycles. The van der Waals surface area contributed by atoms with Crippen LogP contribution in [0, 0.1) is 3.91 Å². The third-order valence-corrected chi connectivity index (χ3v) is 11.3. The number of rotatable bonds is 4. The molecule has 174 valence electrons. The molecule has 6 nitrogen and oxygen atoms in total. The van der Waals surface area contributed by atoms with Crippen LogP contribution in [-0.4, -0.2) is 72.4 Å². The van der Waals surface area contributed by atoms with E-state index in [1.165, 1.54) is 0 Å². The van der Waals surface area contributed by atoms with Crippen LogP contribution < -0.4 is 0 Å². The lowest BCUT2D eigenvalue weighted by atomic mass is 9.91. The average molecular weight is 515 g/mol. The van der Waals surface area contributed by atoms with Crippen LogP contribution in [0.4, 0.5) is 48.3 Å². The molecule has 0 heterocycles. The third-order valence-electron chi connectivity index (χ3n) is 3.48. The highest BCUT2D eigenvalue weighted by Crippen LogP contribution is 2.48. The van der Waals surface area contributed by atoms with Gasteiger partial charge in [-0.3, -0.25) is 25.3 Å². The fourth-order valence-electron chi connectivity index (χ4n) is 2.16. The summed E-state index contributed by atoms with van der Waals surface area (Å²) in [4.78, 5) is 0. The normalized spacial score (nSPS) is 33.1. The lowest BCUT2D eigenvalue weighted by Crippen LogP contribution is -2.61. The molecule has 1 rings (SSSR count). The van der Waals surface area contributed by atoms with Gasteiger partial charge in [0.05, 0.1) is 13.8 Å². The van der Waals surface area contributed by atoms with Crippen molar-refractivity contribution in [3.63, 3.8) is 0 Å². The molecule has 1 fully saturated rings. The monoisotopic (exact) mass is 515 g/mol. The minimum absolute atomic E-state index is 3.78. The maximum absolute atomic E-state index is 13.8. The lowest BCUT2D eigenvalue weighted by molar-refractivity contribution is -0.0485. The van der Waals surface area contributed by atoms with Crippen LogP contribution in [-0.2, 0) is 29.5 Å². The summed E-state index contributed by atoms with van der Waals surface area (Å²) in [7, 11) is -23.6. The molecule has 0 amide bonds. The van der Waals surface area contributed by atoms with Gasteiger partial charge in [0.25, 0.3) is 0 Å². The minimum Gasteiger partial charge on any atom is -0.260 e. The molecular weight excluding hydrogens is 509 g/mol. The summed E-state index contributed by atoms with van der Waals surface area (Å²) >= 11 is 0. The summed E-state index contributed by atoms with van der Waals surface area (Å²) in [5.74, 6) is 0. The van der Waals surface area contributed by atoms with E-state index >= 15 is 0 Å². The van der Waals surface area contributed by atoms with Crippen LogP contribution in [0.25, 0.3) is 0 Å². The summed E-state index contributed by atoms with van der Waals surface area (Å²) < 4.78 is 207. The van der Waals surface area contributed by atoms with Crippen LogP contribution in [0.5, 0.6) is 0 Å². The molecule has 0 spiro atoms. The Hall–Kier alpha value is -0.920. The molecule has 0 aliphatic heterocycles. The quantitative estimate of drug-likeness (QED) is 0.418. The molecule has 4 atom stereocenters. The zero-order valence-electron chi connectivity index (χ0n) is 12.8. The van der Waals surface area contributed by atoms with Gasteiger partial charge in [-0.1, -0.05) is 0 Å². The molecule has 29 heavy (non-hydrogen) atoms. The second-order valence-electron chi connectivity index (χ2n) is 5.38. The summed E-state index contributed by atoms with van der Waals surface area (Å²) in [5, 5.41) is -4.40. The van der Waals surface area contributed by atoms with E-state index in [1.54, 1.807) is 0 Å². The molecular formula is C9H6F11O6S3-. The predicted octanol–water partition coefficient (Wildman–Crippen LogP) is 1.79. The largest absolute Gasteiger partial charge is 0.470 e. The van der Waals surface area contributed by atoms with Crippen LogP contribution in [0.15, 0.2) is 0 Å². The fraction of sp³-hybridized carbons (Fsp3) is 0.889. The minimum atomic E-state index is -8.03. The standard InChI is InChI=1S/C9H6F11O6S3/c10-1-2(11)4(13)6(5(14)3(1)12)27(21,22)7(28(23,24)8(15,16)17)29(25,26)9(18,19)20/h1-6H/q-1. The van der Waals surface area contributed by atoms with Crippen molar-refractivity contribution in [2.75, 3.05) is 0 Å². The maximum atomic E-state index is 13.8. The van der Waals surface area contributed by atoms with Gasteiger partial charge in [-0.05, 0) is 0 Å². The van der Waals surface area contributed by atoms with E-state index in [9.17, 15) is 73.5 Å². The van der Waals surface area contributed by atoms with Gasteiger partial charge in [-0.15, -0.1) is 0 Å². The highest BCUT2D eigenvalue weighted by Gasteiger charge is 2.64. The summed E-state index contributed by atoms with van der Waals surface area (Å²) in [6.07, 6.45) is -20.3. The van der Waals surface area contributed by atoms with E-state index in [0.717, 1.165) is 0 Å².